The number of ether oxygens (including phenoxy) is 3. The second-order valence-electron chi connectivity index (χ2n) is 3.18. The van der Waals surface area contributed by atoms with Crippen molar-refractivity contribution < 1.29 is 23.8 Å². The molecule has 0 saturated carbocycles. The molecule has 5 nitrogen and oxygen atoms in total. The summed E-state index contributed by atoms with van der Waals surface area (Å²) in [5.41, 5.74) is 0. The van der Waals surface area contributed by atoms with Gasteiger partial charge in [-0.1, -0.05) is 0 Å². The monoisotopic (exact) mass is 202 g/mol. The Morgan fingerprint density at radius 2 is 2.00 bits per heavy atom. The second kappa shape index (κ2) is 4.95. The Bertz CT molecular complexity index is 225. The highest BCUT2D eigenvalue weighted by atomic mass is 16.7. The molecule has 1 aliphatic rings. The van der Waals surface area contributed by atoms with E-state index < -0.39 is 6.29 Å². The summed E-state index contributed by atoms with van der Waals surface area (Å²) >= 11 is 0. The molecule has 1 rings (SSSR count). The van der Waals surface area contributed by atoms with Gasteiger partial charge in [0, 0.05) is 20.3 Å². The fourth-order valence-electron chi connectivity index (χ4n) is 1.28. The maximum absolute atomic E-state index is 10.6. The molecule has 80 valence electrons. The summed E-state index contributed by atoms with van der Waals surface area (Å²) in [5, 5.41) is 0. The van der Waals surface area contributed by atoms with Crippen molar-refractivity contribution in [2.75, 3.05) is 6.61 Å². The van der Waals surface area contributed by atoms with Crippen LogP contribution in [0.15, 0.2) is 0 Å². The van der Waals surface area contributed by atoms with Gasteiger partial charge in [-0.15, -0.1) is 0 Å². The van der Waals surface area contributed by atoms with Gasteiger partial charge in [0.2, 0.25) is 6.29 Å². The van der Waals surface area contributed by atoms with Gasteiger partial charge >= 0.3 is 11.9 Å². The Balaban J connectivity index is 2.20. The van der Waals surface area contributed by atoms with Crippen LogP contribution in [-0.2, 0) is 23.8 Å². The number of rotatable bonds is 3. The molecule has 2 unspecified atom stereocenters. The lowest BCUT2D eigenvalue weighted by molar-refractivity contribution is -0.177. The molecule has 0 aliphatic carbocycles. The van der Waals surface area contributed by atoms with Gasteiger partial charge in [0.05, 0.1) is 6.10 Å². The molecule has 0 bridgehead atoms. The third-order valence-electron chi connectivity index (χ3n) is 1.84. The van der Waals surface area contributed by atoms with E-state index in [-0.39, 0.29) is 24.6 Å². The van der Waals surface area contributed by atoms with E-state index in [0.29, 0.717) is 6.42 Å². The highest BCUT2D eigenvalue weighted by Gasteiger charge is 2.27. The molecule has 0 N–H and O–H groups in total. The summed E-state index contributed by atoms with van der Waals surface area (Å²) in [6, 6.07) is 0. The van der Waals surface area contributed by atoms with E-state index in [1.54, 1.807) is 0 Å². The first-order valence-electron chi connectivity index (χ1n) is 4.54. The van der Waals surface area contributed by atoms with Crippen LogP contribution in [0, 0.1) is 0 Å². The summed E-state index contributed by atoms with van der Waals surface area (Å²) in [6.45, 7) is 2.91. The average molecular weight is 202 g/mol. The Kier molecular flexibility index (Phi) is 3.88. The van der Waals surface area contributed by atoms with Gasteiger partial charge in [0.25, 0.3) is 0 Å². The van der Waals surface area contributed by atoms with E-state index in [2.05, 4.69) is 0 Å². The number of hydrogen-bond donors (Lipinski definition) is 0. The topological polar surface area (TPSA) is 61.8 Å². The smallest absolute Gasteiger partial charge is 0.304 e. The summed E-state index contributed by atoms with van der Waals surface area (Å²) in [7, 11) is 0. The number of carbonyl (C=O) groups excluding carboxylic acids is 2. The Hall–Kier alpha value is -1.10. The van der Waals surface area contributed by atoms with Gasteiger partial charge in [-0.2, -0.15) is 0 Å². The van der Waals surface area contributed by atoms with Gasteiger partial charge in [-0.3, -0.25) is 9.59 Å². The van der Waals surface area contributed by atoms with E-state index in [4.69, 9.17) is 14.2 Å². The molecular formula is C9H14O5. The van der Waals surface area contributed by atoms with Gasteiger partial charge in [0.15, 0.2) is 0 Å². The summed E-state index contributed by atoms with van der Waals surface area (Å²) in [6.07, 6.45) is 0.771. The van der Waals surface area contributed by atoms with Crippen molar-refractivity contribution in [3.8, 4) is 0 Å². The summed E-state index contributed by atoms with van der Waals surface area (Å²) < 4.78 is 14.9. The minimum Gasteiger partial charge on any atom is -0.463 e. The predicted octanol–water partition coefficient (Wildman–Crippen LogP) is 0.618. The zero-order chi connectivity index (χ0) is 10.6. The standard InChI is InChI=1S/C9H14O5/c1-6(10)12-5-8-3-4-9(14-8)13-7(2)11/h8-9H,3-5H2,1-2H3. The largest absolute Gasteiger partial charge is 0.463 e. The lowest BCUT2D eigenvalue weighted by Crippen LogP contribution is -2.21. The quantitative estimate of drug-likeness (QED) is 0.628. The van der Waals surface area contributed by atoms with Crippen molar-refractivity contribution in [1.82, 2.24) is 0 Å². The first kappa shape index (κ1) is 11.0. The Labute approximate surface area is 82.3 Å². The fourth-order valence-corrected chi connectivity index (χ4v) is 1.28. The van der Waals surface area contributed by atoms with Crippen LogP contribution >= 0.6 is 0 Å². The summed E-state index contributed by atoms with van der Waals surface area (Å²) in [5.74, 6) is -0.687. The van der Waals surface area contributed by atoms with Gasteiger partial charge < -0.3 is 14.2 Å². The molecule has 0 aromatic carbocycles. The van der Waals surface area contributed by atoms with Crippen molar-refractivity contribution in [2.45, 2.75) is 39.1 Å². The van der Waals surface area contributed by atoms with Crippen LogP contribution in [0.4, 0.5) is 0 Å². The predicted molar refractivity (Wildman–Crippen MR) is 46.3 cm³/mol. The molecule has 1 saturated heterocycles. The van der Waals surface area contributed by atoms with Crippen molar-refractivity contribution in [3.63, 3.8) is 0 Å². The average Bonchev–Trinajstić information content (AvgIpc) is 2.47. The van der Waals surface area contributed by atoms with Crippen LogP contribution in [0.5, 0.6) is 0 Å². The molecule has 1 aliphatic heterocycles. The molecule has 0 radical (unpaired) electrons. The SMILES string of the molecule is CC(=O)OCC1CCC(OC(C)=O)O1. The lowest BCUT2D eigenvalue weighted by atomic mass is 10.2. The van der Waals surface area contributed by atoms with Crippen LogP contribution in [0.1, 0.15) is 26.7 Å². The van der Waals surface area contributed by atoms with Gasteiger partial charge in [-0.05, 0) is 6.42 Å². The Morgan fingerprint density at radius 3 is 2.57 bits per heavy atom. The van der Waals surface area contributed by atoms with E-state index in [1.165, 1.54) is 13.8 Å². The first-order valence-corrected chi connectivity index (χ1v) is 4.54. The second-order valence-corrected chi connectivity index (χ2v) is 3.18. The third kappa shape index (κ3) is 3.74. The van der Waals surface area contributed by atoms with Crippen LogP contribution in [0.25, 0.3) is 0 Å². The fraction of sp³-hybridized carbons (Fsp3) is 0.778. The third-order valence-corrected chi connectivity index (χ3v) is 1.84. The summed E-state index contributed by atoms with van der Waals surface area (Å²) in [4.78, 5) is 21.1. The Morgan fingerprint density at radius 1 is 1.29 bits per heavy atom. The molecule has 2 atom stereocenters. The molecule has 0 aromatic heterocycles. The number of esters is 2. The van der Waals surface area contributed by atoms with E-state index in [1.807, 2.05) is 0 Å². The minimum atomic E-state index is -0.479. The van der Waals surface area contributed by atoms with Crippen molar-refractivity contribution in [1.29, 1.82) is 0 Å². The van der Waals surface area contributed by atoms with E-state index in [9.17, 15) is 9.59 Å². The van der Waals surface area contributed by atoms with Crippen molar-refractivity contribution in [3.05, 3.63) is 0 Å². The zero-order valence-corrected chi connectivity index (χ0v) is 8.32. The van der Waals surface area contributed by atoms with E-state index >= 15 is 0 Å². The van der Waals surface area contributed by atoms with Crippen LogP contribution < -0.4 is 0 Å². The molecule has 0 aromatic rings. The molecule has 1 fully saturated rings. The van der Waals surface area contributed by atoms with Gasteiger partial charge in [-0.25, -0.2) is 0 Å². The van der Waals surface area contributed by atoms with E-state index in [0.717, 1.165) is 6.42 Å². The molecule has 1 heterocycles. The number of carbonyl (C=O) groups is 2. The molecular weight excluding hydrogens is 188 g/mol. The minimum absolute atomic E-state index is 0.150. The molecule has 0 amide bonds. The lowest BCUT2D eigenvalue weighted by Gasteiger charge is -2.12. The van der Waals surface area contributed by atoms with Crippen molar-refractivity contribution in [2.24, 2.45) is 0 Å². The molecule has 5 heteroatoms. The number of hydrogen-bond acceptors (Lipinski definition) is 5. The zero-order valence-electron chi connectivity index (χ0n) is 8.32. The maximum Gasteiger partial charge on any atom is 0.304 e. The van der Waals surface area contributed by atoms with Crippen LogP contribution in [0.2, 0.25) is 0 Å². The van der Waals surface area contributed by atoms with Crippen LogP contribution in [0.3, 0.4) is 0 Å². The first-order chi connectivity index (χ1) is 6.58. The maximum atomic E-state index is 10.6. The highest BCUT2D eigenvalue weighted by molar-refractivity contribution is 5.66. The van der Waals surface area contributed by atoms with Crippen LogP contribution in [-0.4, -0.2) is 30.9 Å². The molecule has 14 heavy (non-hydrogen) atoms. The normalized spacial score (nSPS) is 25.9. The van der Waals surface area contributed by atoms with Crippen molar-refractivity contribution >= 4 is 11.9 Å². The highest BCUT2D eigenvalue weighted by Crippen LogP contribution is 2.20. The van der Waals surface area contributed by atoms with Gasteiger partial charge in [0.1, 0.15) is 6.61 Å². The molecule has 0 spiro atoms.